The van der Waals surface area contributed by atoms with E-state index in [1.54, 1.807) is 0 Å². The fourth-order valence-corrected chi connectivity index (χ4v) is 1.92. The zero-order valence-corrected chi connectivity index (χ0v) is 12.0. The largest absolute Gasteiger partial charge is 0.299 e. The van der Waals surface area contributed by atoms with Crippen molar-refractivity contribution >= 4 is 6.08 Å². The van der Waals surface area contributed by atoms with Gasteiger partial charge < -0.3 is 0 Å². The summed E-state index contributed by atoms with van der Waals surface area (Å²) in [6, 6.07) is 11.4. The molecule has 17 heavy (non-hydrogen) atoms. The Labute approximate surface area is 107 Å². The van der Waals surface area contributed by atoms with Crippen molar-refractivity contribution in [2.45, 2.75) is 46.7 Å². The summed E-state index contributed by atoms with van der Waals surface area (Å²) >= 11 is 0. The van der Waals surface area contributed by atoms with Crippen LogP contribution in [0.3, 0.4) is 0 Å². The van der Waals surface area contributed by atoms with Crippen molar-refractivity contribution in [2.75, 3.05) is 6.54 Å². The van der Waals surface area contributed by atoms with E-state index in [1.165, 1.54) is 5.56 Å². The molecule has 0 saturated heterocycles. The Balaban J connectivity index is 0.000000302. The molecule has 0 unspecified atom stereocenters. The highest BCUT2D eigenvalue weighted by Crippen LogP contribution is 2.02. The van der Waals surface area contributed by atoms with Gasteiger partial charge in [0.05, 0.1) is 0 Å². The van der Waals surface area contributed by atoms with E-state index in [1.807, 2.05) is 36.4 Å². The van der Waals surface area contributed by atoms with E-state index in [0.717, 1.165) is 6.54 Å². The number of hydrogen-bond donors (Lipinski definition) is 0. The predicted molar refractivity (Wildman–Crippen MR) is 79.2 cm³/mol. The second-order valence-corrected chi connectivity index (χ2v) is 4.63. The van der Waals surface area contributed by atoms with E-state index >= 15 is 0 Å². The fraction of sp³-hybridized carbons (Fsp3) is 0.500. The van der Waals surface area contributed by atoms with Crippen molar-refractivity contribution in [3.63, 3.8) is 0 Å². The van der Waals surface area contributed by atoms with Gasteiger partial charge in [-0.05, 0) is 39.8 Å². The van der Waals surface area contributed by atoms with Crippen molar-refractivity contribution in [2.24, 2.45) is 0 Å². The molecule has 0 atom stereocenters. The number of benzene rings is 1. The van der Waals surface area contributed by atoms with Crippen LogP contribution < -0.4 is 0 Å². The van der Waals surface area contributed by atoms with Crippen LogP contribution in [0.4, 0.5) is 0 Å². The quantitative estimate of drug-likeness (QED) is 0.742. The van der Waals surface area contributed by atoms with E-state index < -0.39 is 0 Å². The van der Waals surface area contributed by atoms with Crippen LogP contribution in [-0.4, -0.2) is 23.5 Å². The van der Waals surface area contributed by atoms with Crippen LogP contribution in [0.2, 0.25) is 0 Å². The smallest absolute Gasteiger partial charge is 0.00411 e. The van der Waals surface area contributed by atoms with Crippen molar-refractivity contribution < 1.29 is 0 Å². The Bertz CT molecular complexity index is 280. The number of rotatable bonds is 4. The predicted octanol–water partition coefficient (Wildman–Crippen LogP) is 4.45. The summed E-state index contributed by atoms with van der Waals surface area (Å²) in [6.07, 6.45) is 1.83. The minimum Gasteiger partial charge on any atom is -0.299 e. The maximum atomic E-state index is 3.63. The minimum absolute atomic E-state index is 0.690. The second-order valence-electron chi connectivity index (χ2n) is 4.63. The molecule has 96 valence electrons. The Kier molecular flexibility index (Phi) is 8.43. The molecule has 1 rings (SSSR count). The Morgan fingerprint density at radius 2 is 1.53 bits per heavy atom. The number of nitrogens with zero attached hydrogens (tertiary/aromatic N) is 1. The van der Waals surface area contributed by atoms with Gasteiger partial charge in [-0.25, -0.2) is 0 Å². The molecule has 1 aromatic rings. The first-order valence-corrected chi connectivity index (χ1v) is 6.46. The molecule has 0 aliphatic rings. The van der Waals surface area contributed by atoms with E-state index in [0.29, 0.717) is 12.1 Å². The monoisotopic (exact) mass is 233 g/mol. The van der Waals surface area contributed by atoms with Crippen molar-refractivity contribution in [3.8, 4) is 0 Å². The van der Waals surface area contributed by atoms with E-state index in [2.05, 4.69) is 46.1 Å². The lowest BCUT2D eigenvalue weighted by Crippen LogP contribution is -2.36. The molecule has 0 aromatic heterocycles. The molecule has 0 N–H and O–H groups in total. The van der Waals surface area contributed by atoms with Crippen molar-refractivity contribution in [1.29, 1.82) is 0 Å². The first-order valence-electron chi connectivity index (χ1n) is 6.46. The van der Waals surface area contributed by atoms with E-state index in [4.69, 9.17) is 0 Å². The van der Waals surface area contributed by atoms with Gasteiger partial charge >= 0.3 is 0 Å². The van der Waals surface area contributed by atoms with Gasteiger partial charge in [0.2, 0.25) is 0 Å². The van der Waals surface area contributed by atoms with Gasteiger partial charge in [0, 0.05) is 12.1 Å². The summed E-state index contributed by atoms with van der Waals surface area (Å²) in [5.41, 5.74) is 1.17. The van der Waals surface area contributed by atoms with E-state index in [-0.39, 0.29) is 0 Å². The Morgan fingerprint density at radius 3 is 1.71 bits per heavy atom. The maximum Gasteiger partial charge on any atom is 0.00411 e. The van der Waals surface area contributed by atoms with Gasteiger partial charge in [-0.3, -0.25) is 4.90 Å². The third-order valence-electron chi connectivity index (χ3n) is 2.73. The normalized spacial score (nSPS) is 10.4. The highest BCUT2D eigenvalue weighted by molar-refractivity contribution is 5.45. The van der Waals surface area contributed by atoms with Gasteiger partial charge in [-0.2, -0.15) is 0 Å². The van der Waals surface area contributed by atoms with Crippen LogP contribution in [0.1, 0.15) is 40.2 Å². The minimum atomic E-state index is 0.690. The lowest BCUT2D eigenvalue weighted by molar-refractivity contribution is 0.185. The summed E-state index contributed by atoms with van der Waals surface area (Å²) < 4.78 is 0. The molecule has 0 amide bonds. The molecule has 1 aromatic carbocycles. The SMILES string of the molecule is C=Cc1ccccc1.CCN(C(C)C)C(C)C. The molecule has 1 heteroatoms. The van der Waals surface area contributed by atoms with Crippen LogP contribution in [0.15, 0.2) is 36.9 Å². The molecule has 1 nitrogen and oxygen atoms in total. The number of hydrogen-bond acceptors (Lipinski definition) is 1. The molecule has 0 spiro atoms. The second kappa shape index (κ2) is 9.00. The van der Waals surface area contributed by atoms with Crippen molar-refractivity contribution in [3.05, 3.63) is 42.5 Å². The summed E-state index contributed by atoms with van der Waals surface area (Å²) in [5.74, 6) is 0. The zero-order valence-electron chi connectivity index (χ0n) is 12.0. The lowest BCUT2D eigenvalue weighted by atomic mass is 10.2. The van der Waals surface area contributed by atoms with Crippen LogP contribution in [0.5, 0.6) is 0 Å². The topological polar surface area (TPSA) is 3.24 Å². The van der Waals surface area contributed by atoms with Crippen LogP contribution in [0.25, 0.3) is 6.08 Å². The average Bonchev–Trinajstić information content (AvgIpc) is 2.31. The molecule has 0 saturated carbocycles. The van der Waals surface area contributed by atoms with E-state index in [9.17, 15) is 0 Å². The fourth-order valence-electron chi connectivity index (χ4n) is 1.92. The van der Waals surface area contributed by atoms with Crippen LogP contribution >= 0.6 is 0 Å². The zero-order chi connectivity index (χ0) is 13.3. The summed E-state index contributed by atoms with van der Waals surface area (Å²) in [4.78, 5) is 2.46. The van der Waals surface area contributed by atoms with Gasteiger partial charge in [0.25, 0.3) is 0 Å². The molecule has 0 aliphatic carbocycles. The summed E-state index contributed by atoms with van der Waals surface area (Å²) in [7, 11) is 0. The molecular formula is C16H27N. The van der Waals surface area contributed by atoms with Crippen LogP contribution in [0, 0.1) is 0 Å². The Morgan fingerprint density at radius 1 is 1.06 bits per heavy atom. The third-order valence-corrected chi connectivity index (χ3v) is 2.73. The highest BCUT2D eigenvalue weighted by atomic mass is 15.2. The lowest BCUT2D eigenvalue weighted by Gasteiger charge is -2.28. The molecule has 0 heterocycles. The first kappa shape index (κ1) is 15.9. The van der Waals surface area contributed by atoms with Gasteiger partial charge in [-0.15, -0.1) is 0 Å². The maximum absolute atomic E-state index is 3.63. The van der Waals surface area contributed by atoms with Gasteiger partial charge in [-0.1, -0.05) is 49.9 Å². The molecular weight excluding hydrogens is 206 g/mol. The molecule has 0 fully saturated rings. The average molecular weight is 233 g/mol. The molecule has 0 radical (unpaired) electrons. The standard InChI is InChI=1S/C8H19N.C8H8/c1-6-9(7(2)3)8(4)5;1-2-8-6-4-3-5-7-8/h7-8H,6H2,1-5H3;2-7H,1H2. The highest BCUT2D eigenvalue weighted by Gasteiger charge is 2.08. The van der Waals surface area contributed by atoms with Crippen molar-refractivity contribution in [1.82, 2.24) is 4.90 Å². The van der Waals surface area contributed by atoms with Crippen LogP contribution in [-0.2, 0) is 0 Å². The summed E-state index contributed by atoms with van der Waals surface area (Å²) in [5, 5.41) is 0. The van der Waals surface area contributed by atoms with Gasteiger partial charge in [0.1, 0.15) is 0 Å². The third kappa shape index (κ3) is 6.96. The molecule has 0 aliphatic heterocycles. The summed E-state index contributed by atoms with van der Waals surface area (Å²) in [6.45, 7) is 16.0. The molecule has 0 bridgehead atoms. The Hall–Kier alpha value is -1.08. The van der Waals surface area contributed by atoms with Gasteiger partial charge in [0.15, 0.2) is 0 Å². The first-order chi connectivity index (χ1) is 8.02.